The lowest BCUT2D eigenvalue weighted by molar-refractivity contribution is 0.666. The van der Waals surface area contributed by atoms with E-state index in [2.05, 4.69) is 221 Å². The number of nitrogens with zero attached hydrogens (tertiary/aromatic N) is 4. The molecule has 0 bridgehead atoms. The van der Waals surface area contributed by atoms with Crippen LogP contribution in [0.5, 0.6) is 0 Å². The molecule has 4 heterocycles. The summed E-state index contributed by atoms with van der Waals surface area (Å²) < 4.78 is 11.5. The summed E-state index contributed by atoms with van der Waals surface area (Å²) >= 11 is 0. The fraction of sp³-hybridized carbons (Fsp3) is 0.0169. The van der Waals surface area contributed by atoms with Crippen molar-refractivity contribution >= 4 is 98.9 Å². The number of hydrogen-bond acceptors (Lipinski definition) is 4. The highest BCUT2D eigenvalue weighted by molar-refractivity contribution is 6.23. The van der Waals surface area contributed by atoms with Crippen molar-refractivity contribution in [3.63, 3.8) is 0 Å². The smallest absolute Gasteiger partial charge is 0.234 e. The highest BCUT2D eigenvalue weighted by Gasteiger charge is 2.27. The third-order valence-corrected chi connectivity index (χ3v) is 13.3. The van der Waals surface area contributed by atoms with Gasteiger partial charge in [-0.3, -0.25) is 4.57 Å². The Morgan fingerprint density at radius 2 is 0.954 bits per heavy atom. The highest BCUT2D eigenvalue weighted by Crippen LogP contribution is 2.41. The number of benzene rings is 10. The zero-order valence-corrected chi connectivity index (χ0v) is 35.0. The van der Waals surface area contributed by atoms with E-state index in [4.69, 9.17) is 14.4 Å². The summed E-state index contributed by atoms with van der Waals surface area (Å²) in [6.07, 6.45) is -0.454. The van der Waals surface area contributed by atoms with E-state index in [-0.39, 0.29) is 0 Å². The second-order valence-electron chi connectivity index (χ2n) is 17.0. The van der Waals surface area contributed by atoms with E-state index in [1.807, 2.05) is 6.07 Å². The molecule has 0 fully saturated rings. The molecule has 1 unspecified atom stereocenters. The van der Waals surface area contributed by atoms with Gasteiger partial charge in [-0.1, -0.05) is 158 Å². The molecule has 0 radical (unpaired) electrons. The third-order valence-electron chi connectivity index (χ3n) is 13.3. The van der Waals surface area contributed by atoms with Crippen LogP contribution in [0.2, 0.25) is 0 Å². The van der Waals surface area contributed by atoms with Gasteiger partial charge in [-0.15, -0.1) is 0 Å². The number of rotatable bonds is 4. The minimum Gasteiger partial charge on any atom is -0.456 e. The van der Waals surface area contributed by atoms with Gasteiger partial charge in [0.25, 0.3) is 0 Å². The lowest BCUT2D eigenvalue weighted by Crippen LogP contribution is -2.35. The highest BCUT2D eigenvalue weighted by atomic mass is 16.3. The number of furan rings is 1. The Kier molecular flexibility index (Phi) is 7.65. The summed E-state index contributed by atoms with van der Waals surface area (Å²) in [6.45, 7) is 0. The number of aromatic nitrogens is 2. The van der Waals surface area contributed by atoms with Gasteiger partial charge in [0.2, 0.25) is 5.96 Å². The van der Waals surface area contributed by atoms with Gasteiger partial charge >= 0.3 is 0 Å². The summed E-state index contributed by atoms with van der Waals surface area (Å²) in [4.78, 5) is 11.0. The SMILES string of the molecule is c1ccc(-c2ccc(C3N=C(n4c5ccccc5c5ccccc54)N=C(c4cc(-n5c6cc7ccccc7cc6c6cc7ccccc7cc65)cc5oc6ccccc6c45)N3)cc2)cc1. The molecule has 0 saturated heterocycles. The number of hydrogen-bond donors (Lipinski definition) is 1. The van der Waals surface area contributed by atoms with Crippen molar-refractivity contribution in [2.75, 3.05) is 0 Å². The van der Waals surface area contributed by atoms with E-state index < -0.39 is 6.17 Å². The normalized spacial score (nSPS) is 14.3. The Morgan fingerprint density at radius 3 is 1.60 bits per heavy atom. The van der Waals surface area contributed by atoms with Gasteiger partial charge in [-0.05, 0) is 86.8 Å². The number of nitrogens with one attached hydrogen (secondary N) is 1. The van der Waals surface area contributed by atoms with Crippen LogP contribution in [0.3, 0.4) is 0 Å². The molecule has 14 rings (SSSR count). The molecule has 1 aliphatic rings. The van der Waals surface area contributed by atoms with Crippen molar-refractivity contribution in [2.24, 2.45) is 9.98 Å². The maximum atomic E-state index is 6.84. The lowest BCUT2D eigenvalue weighted by Gasteiger charge is -2.25. The maximum absolute atomic E-state index is 6.84. The predicted molar refractivity (Wildman–Crippen MR) is 270 cm³/mol. The van der Waals surface area contributed by atoms with Crippen LogP contribution < -0.4 is 5.32 Å². The second kappa shape index (κ2) is 13.9. The molecule has 0 saturated carbocycles. The number of para-hydroxylation sites is 3. The molecule has 65 heavy (non-hydrogen) atoms. The second-order valence-corrected chi connectivity index (χ2v) is 17.0. The van der Waals surface area contributed by atoms with Crippen LogP contribution in [0.15, 0.2) is 227 Å². The van der Waals surface area contributed by atoms with Gasteiger partial charge in [0, 0.05) is 43.9 Å². The molecule has 0 spiro atoms. The fourth-order valence-corrected chi connectivity index (χ4v) is 10.3. The zero-order valence-electron chi connectivity index (χ0n) is 35.0. The van der Waals surface area contributed by atoms with E-state index >= 15 is 0 Å². The summed E-state index contributed by atoms with van der Waals surface area (Å²) in [6, 6.07) is 75.7. The van der Waals surface area contributed by atoms with Crippen LogP contribution in [0.1, 0.15) is 17.3 Å². The van der Waals surface area contributed by atoms with Gasteiger partial charge in [0.1, 0.15) is 23.2 Å². The van der Waals surface area contributed by atoms with Crippen molar-refractivity contribution in [3.8, 4) is 16.8 Å². The summed E-state index contributed by atoms with van der Waals surface area (Å²) in [7, 11) is 0. The van der Waals surface area contributed by atoms with Crippen LogP contribution >= 0.6 is 0 Å². The average molecular weight is 832 g/mol. The molecular formula is C59H37N5O. The Morgan fingerprint density at radius 1 is 0.415 bits per heavy atom. The van der Waals surface area contributed by atoms with Crippen LogP contribution in [-0.2, 0) is 0 Å². The minimum absolute atomic E-state index is 0.454. The monoisotopic (exact) mass is 831 g/mol. The quantitative estimate of drug-likeness (QED) is 0.192. The standard InChI is InChI=1S/C59H37N5O/c1-2-14-36(15-3-1)37-26-28-38(29-27-37)57-60-58(62-59(61-57)64-50-23-11-8-20-44(50)45-21-9-12-24-51(45)64)49-34-43(35-55-56(49)46-22-10-13-25-54(46)65-55)63-52-32-41-18-6-4-16-39(41)30-47(52)48-31-40-17-5-7-19-42(40)33-53(48)63/h1-35,57H,(H,60,61,62). The molecule has 1 atom stereocenters. The molecule has 10 aromatic carbocycles. The van der Waals surface area contributed by atoms with E-state index in [1.54, 1.807) is 0 Å². The molecule has 1 N–H and O–H groups in total. The fourth-order valence-electron chi connectivity index (χ4n) is 10.3. The summed E-state index contributed by atoms with van der Waals surface area (Å²) in [5.74, 6) is 1.32. The van der Waals surface area contributed by atoms with E-state index in [1.165, 1.54) is 37.9 Å². The topological polar surface area (TPSA) is 59.8 Å². The first-order chi connectivity index (χ1) is 32.2. The first-order valence-corrected chi connectivity index (χ1v) is 22.1. The van der Waals surface area contributed by atoms with Crippen molar-refractivity contribution in [1.29, 1.82) is 0 Å². The lowest BCUT2D eigenvalue weighted by atomic mass is 10.0. The van der Waals surface area contributed by atoms with Crippen molar-refractivity contribution in [2.45, 2.75) is 6.17 Å². The first kappa shape index (κ1) is 35.8. The maximum Gasteiger partial charge on any atom is 0.234 e. The first-order valence-electron chi connectivity index (χ1n) is 22.1. The average Bonchev–Trinajstić information content (AvgIpc) is 4.02. The molecule has 13 aromatic rings. The van der Waals surface area contributed by atoms with E-state index in [0.29, 0.717) is 11.8 Å². The van der Waals surface area contributed by atoms with Gasteiger partial charge in [0.05, 0.1) is 27.8 Å². The number of fused-ring (bicyclic) bond motifs is 11. The molecular weight excluding hydrogens is 795 g/mol. The Hall–Kier alpha value is -8.74. The van der Waals surface area contributed by atoms with Gasteiger partial charge in [-0.2, -0.15) is 4.99 Å². The van der Waals surface area contributed by atoms with E-state index in [9.17, 15) is 0 Å². The Balaban J connectivity index is 1.05. The molecule has 304 valence electrons. The van der Waals surface area contributed by atoms with Crippen molar-refractivity contribution < 1.29 is 4.42 Å². The molecule has 6 heteroatoms. The summed E-state index contributed by atoms with van der Waals surface area (Å²) in [5.41, 5.74) is 11.2. The van der Waals surface area contributed by atoms with Crippen LogP contribution in [0, 0.1) is 0 Å². The minimum atomic E-state index is -0.454. The van der Waals surface area contributed by atoms with Crippen LogP contribution in [0.25, 0.3) is 104 Å². The molecule has 0 aliphatic carbocycles. The Labute approximate surface area is 372 Å². The summed E-state index contributed by atoms with van der Waals surface area (Å²) in [5, 5.41) is 15.4. The van der Waals surface area contributed by atoms with Crippen LogP contribution in [0.4, 0.5) is 0 Å². The van der Waals surface area contributed by atoms with Gasteiger partial charge in [0.15, 0.2) is 0 Å². The van der Waals surface area contributed by atoms with E-state index in [0.717, 1.165) is 77.2 Å². The molecule has 0 amide bonds. The number of amidine groups is 1. The van der Waals surface area contributed by atoms with Gasteiger partial charge < -0.3 is 14.3 Å². The van der Waals surface area contributed by atoms with Crippen LogP contribution in [-0.4, -0.2) is 20.9 Å². The number of aliphatic imine (C=N–C) groups is 2. The van der Waals surface area contributed by atoms with Crippen molar-refractivity contribution in [1.82, 2.24) is 14.5 Å². The molecule has 3 aromatic heterocycles. The molecule has 1 aliphatic heterocycles. The van der Waals surface area contributed by atoms with Gasteiger partial charge in [-0.25, -0.2) is 4.99 Å². The third kappa shape index (κ3) is 5.54. The zero-order chi connectivity index (χ0) is 42.6. The molecule has 6 nitrogen and oxygen atoms in total. The largest absolute Gasteiger partial charge is 0.456 e. The predicted octanol–water partition coefficient (Wildman–Crippen LogP) is 14.7. The van der Waals surface area contributed by atoms with Crippen molar-refractivity contribution in [3.05, 3.63) is 223 Å². The Bertz CT molecular complexity index is 4000.